The van der Waals surface area contributed by atoms with Gasteiger partial charge in [-0.05, 0) is 31.3 Å². The van der Waals surface area contributed by atoms with Crippen molar-refractivity contribution in [1.82, 2.24) is 0 Å². The molecule has 0 aliphatic carbocycles. The van der Waals surface area contributed by atoms with Crippen LogP contribution in [-0.4, -0.2) is 29.1 Å². The second kappa shape index (κ2) is 6.85. The van der Waals surface area contributed by atoms with Gasteiger partial charge in [-0.25, -0.2) is 0 Å². The molecule has 0 aromatic carbocycles. The maximum Gasteiger partial charge on any atom is 0.306 e. The maximum atomic E-state index is 11.2. The summed E-state index contributed by atoms with van der Waals surface area (Å²) in [5.41, 5.74) is -0.847. The molecule has 4 heteroatoms. The van der Waals surface area contributed by atoms with E-state index in [9.17, 15) is 14.7 Å². The molecule has 1 saturated heterocycles. The second-order valence-corrected chi connectivity index (χ2v) is 5.70. The van der Waals surface area contributed by atoms with E-state index in [1.165, 1.54) is 0 Å². The van der Waals surface area contributed by atoms with Gasteiger partial charge < -0.3 is 14.6 Å². The van der Waals surface area contributed by atoms with Crippen molar-refractivity contribution in [2.24, 2.45) is 11.8 Å². The van der Waals surface area contributed by atoms with Crippen molar-refractivity contribution in [3.05, 3.63) is 12.2 Å². The SMILES string of the molecule is CC(=O)CC[C@@H](C=C[C@@]1(CO)CCC(=O)O1)C(C)C. The van der Waals surface area contributed by atoms with Gasteiger partial charge in [-0.15, -0.1) is 0 Å². The van der Waals surface area contributed by atoms with E-state index in [4.69, 9.17) is 4.74 Å². The van der Waals surface area contributed by atoms with Crippen LogP contribution in [0.25, 0.3) is 0 Å². The lowest BCUT2D eigenvalue weighted by atomic mass is 9.88. The normalized spacial score (nSPS) is 25.0. The van der Waals surface area contributed by atoms with Gasteiger partial charge in [0.15, 0.2) is 5.60 Å². The van der Waals surface area contributed by atoms with E-state index in [2.05, 4.69) is 13.8 Å². The lowest BCUT2D eigenvalue weighted by Crippen LogP contribution is -2.30. The molecule has 19 heavy (non-hydrogen) atoms. The number of aliphatic hydroxyl groups is 1. The maximum absolute atomic E-state index is 11.2. The monoisotopic (exact) mass is 268 g/mol. The molecule has 108 valence electrons. The number of cyclic esters (lactones) is 1. The van der Waals surface area contributed by atoms with Crippen molar-refractivity contribution in [2.75, 3.05) is 6.61 Å². The van der Waals surface area contributed by atoms with E-state index in [1.807, 2.05) is 12.2 Å². The van der Waals surface area contributed by atoms with E-state index in [-0.39, 0.29) is 24.3 Å². The van der Waals surface area contributed by atoms with Crippen molar-refractivity contribution in [1.29, 1.82) is 0 Å². The number of carbonyl (C=O) groups excluding carboxylic acids is 2. The number of carbonyl (C=O) groups is 2. The predicted octanol–water partition coefficient (Wildman–Crippen LogP) is 2.25. The van der Waals surface area contributed by atoms with Gasteiger partial charge in [0, 0.05) is 19.3 Å². The average Bonchev–Trinajstić information content (AvgIpc) is 2.71. The third kappa shape index (κ3) is 4.78. The highest BCUT2D eigenvalue weighted by atomic mass is 16.6. The highest BCUT2D eigenvalue weighted by Crippen LogP contribution is 2.29. The lowest BCUT2D eigenvalue weighted by Gasteiger charge is -2.23. The number of esters is 1. The van der Waals surface area contributed by atoms with Crippen molar-refractivity contribution in [3.8, 4) is 0 Å². The van der Waals surface area contributed by atoms with Crippen LogP contribution in [-0.2, 0) is 14.3 Å². The first-order valence-corrected chi connectivity index (χ1v) is 6.90. The minimum absolute atomic E-state index is 0.184. The van der Waals surface area contributed by atoms with Crippen LogP contribution in [0.5, 0.6) is 0 Å². The minimum atomic E-state index is -0.847. The van der Waals surface area contributed by atoms with Crippen LogP contribution in [0.1, 0.15) is 46.5 Å². The number of ether oxygens (including phenoxy) is 1. The Hall–Kier alpha value is -1.16. The first kappa shape index (κ1) is 15.9. The average molecular weight is 268 g/mol. The number of ketones is 1. The Labute approximate surface area is 114 Å². The summed E-state index contributed by atoms with van der Waals surface area (Å²) in [5.74, 6) is 0.585. The summed E-state index contributed by atoms with van der Waals surface area (Å²) in [5, 5.41) is 9.42. The molecule has 4 nitrogen and oxygen atoms in total. The standard InChI is InChI=1S/C15H24O4/c1-11(2)13(5-4-12(3)17)6-8-15(10-16)9-7-14(18)19-15/h6,8,11,13,16H,4-5,7,9-10H2,1-3H3/t13-,15-/m0/s1. The molecule has 1 fully saturated rings. The topological polar surface area (TPSA) is 63.6 Å². The molecule has 1 rings (SSSR count). The highest BCUT2D eigenvalue weighted by molar-refractivity contribution is 5.75. The Morgan fingerprint density at radius 2 is 2.21 bits per heavy atom. The Morgan fingerprint density at radius 1 is 1.53 bits per heavy atom. The number of hydrogen-bond acceptors (Lipinski definition) is 4. The molecule has 0 saturated carbocycles. The highest BCUT2D eigenvalue weighted by Gasteiger charge is 2.37. The third-order valence-electron chi connectivity index (χ3n) is 3.67. The van der Waals surface area contributed by atoms with E-state index in [0.29, 0.717) is 25.2 Å². The molecule has 1 aliphatic heterocycles. The summed E-state index contributed by atoms with van der Waals surface area (Å²) in [6.07, 6.45) is 6.02. The number of allylic oxidation sites excluding steroid dienone is 1. The number of hydrogen-bond donors (Lipinski definition) is 1. The Morgan fingerprint density at radius 3 is 2.63 bits per heavy atom. The van der Waals surface area contributed by atoms with E-state index in [0.717, 1.165) is 6.42 Å². The van der Waals surface area contributed by atoms with Crippen LogP contribution in [0, 0.1) is 11.8 Å². The van der Waals surface area contributed by atoms with Crippen LogP contribution in [0.4, 0.5) is 0 Å². The summed E-state index contributed by atoms with van der Waals surface area (Å²) in [6.45, 7) is 5.60. The van der Waals surface area contributed by atoms with E-state index in [1.54, 1.807) is 6.92 Å². The van der Waals surface area contributed by atoms with Crippen LogP contribution in [0.3, 0.4) is 0 Å². The molecule has 0 bridgehead atoms. The second-order valence-electron chi connectivity index (χ2n) is 5.70. The number of aliphatic hydroxyl groups excluding tert-OH is 1. The summed E-state index contributed by atoms with van der Waals surface area (Å²) < 4.78 is 5.21. The van der Waals surface area contributed by atoms with Crippen molar-refractivity contribution in [3.63, 3.8) is 0 Å². The van der Waals surface area contributed by atoms with Gasteiger partial charge in [0.2, 0.25) is 0 Å². The molecular formula is C15H24O4. The number of Topliss-reactive ketones (excluding diaryl/α,β-unsaturated/α-hetero) is 1. The fourth-order valence-electron chi connectivity index (χ4n) is 2.24. The summed E-state index contributed by atoms with van der Waals surface area (Å²) >= 11 is 0. The van der Waals surface area contributed by atoms with Crippen molar-refractivity contribution in [2.45, 2.75) is 52.1 Å². The van der Waals surface area contributed by atoms with Gasteiger partial charge in [0.05, 0.1) is 6.61 Å². The summed E-state index contributed by atoms with van der Waals surface area (Å²) in [6, 6.07) is 0. The fourth-order valence-corrected chi connectivity index (χ4v) is 2.24. The molecule has 1 N–H and O–H groups in total. The summed E-state index contributed by atoms with van der Waals surface area (Å²) in [4.78, 5) is 22.3. The molecule has 0 radical (unpaired) electrons. The van der Waals surface area contributed by atoms with Gasteiger partial charge >= 0.3 is 5.97 Å². The third-order valence-corrected chi connectivity index (χ3v) is 3.67. The Bertz CT molecular complexity index is 359. The van der Waals surface area contributed by atoms with Gasteiger partial charge in [-0.2, -0.15) is 0 Å². The zero-order valence-electron chi connectivity index (χ0n) is 12.0. The van der Waals surface area contributed by atoms with Gasteiger partial charge in [-0.1, -0.05) is 19.9 Å². The quantitative estimate of drug-likeness (QED) is 0.568. The molecule has 0 unspecified atom stereocenters. The molecular weight excluding hydrogens is 244 g/mol. The van der Waals surface area contributed by atoms with E-state index >= 15 is 0 Å². The van der Waals surface area contributed by atoms with Gasteiger partial charge in [-0.3, -0.25) is 4.79 Å². The summed E-state index contributed by atoms with van der Waals surface area (Å²) in [7, 11) is 0. The fraction of sp³-hybridized carbons (Fsp3) is 0.733. The first-order chi connectivity index (χ1) is 8.88. The van der Waals surface area contributed by atoms with Crippen molar-refractivity contribution >= 4 is 11.8 Å². The van der Waals surface area contributed by atoms with Gasteiger partial charge in [0.1, 0.15) is 5.78 Å². The zero-order valence-corrected chi connectivity index (χ0v) is 12.0. The smallest absolute Gasteiger partial charge is 0.306 e. The molecule has 0 amide bonds. The van der Waals surface area contributed by atoms with Crippen molar-refractivity contribution < 1.29 is 19.4 Å². The molecule has 0 aromatic rings. The lowest BCUT2D eigenvalue weighted by molar-refractivity contribution is -0.147. The van der Waals surface area contributed by atoms with Crippen LogP contribution in [0.15, 0.2) is 12.2 Å². The zero-order chi connectivity index (χ0) is 14.5. The molecule has 1 heterocycles. The molecule has 0 spiro atoms. The van der Waals surface area contributed by atoms with Crippen LogP contribution < -0.4 is 0 Å². The largest absolute Gasteiger partial charge is 0.452 e. The Kier molecular flexibility index (Phi) is 5.73. The van der Waals surface area contributed by atoms with E-state index < -0.39 is 5.60 Å². The van der Waals surface area contributed by atoms with Crippen LogP contribution >= 0.6 is 0 Å². The van der Waals surface area contributed by atoms with Crippen LogP contribution in [0.2, 0.25) is 0 Å². The number of rotatable bonds is 7. The molecule has 2 atom stereocenters. The Balaban J connectivity index is 2.68. The predicted molar refractivity (Wildman–Crippen MR) is 72.5 cm³/mol. The molecule has 1 aliphatic rings. The minimum Gasteiger partial charge on any atom is -0.452 e. The molecule has 0 aromatic heterocycles. The van der Waals surface area contributed by atoms with Gasteiger partial charge in [0.25, 0.3) is 0 Å². The first-order valence-electron chi connectivity index (χ1n) is 6.90.